The van der Waals surface area contributed by atoms with Gasteiger partial charge in [0.25, 0.3) is 0 Å². The molecule has 18 heavy (non-hydrogen) atoms. The molecule has 0 radical (unpaired) electrons. The molecule has 0 aliphatic rings. The highest BCUT2D eigenvalue weighted by Gasteiger charge is 2.19. The molecule has 0 heterocycles. The molecule has 0 nitrogen and oxygen atoms in total. The SMILES string of the molecule is C=[P+](c1ccc(C)cc1C)c1ccc(C)cc1C. The van der Waals surface area contributed by atoms with Crippen molar-refractivity contribution in [3.63, 3.8) is 0 Å². The molecule has 0 aromatic heterocycles. The van der Waals surface area contributed by atoms with Crippen molar-refractivity contribution in [2.24, 2.45) is 0 Å². The van der Waals surface area contributed by atoms with Crippen LogP contribution in [0.5, 0.6) is 0 Å². The van der Waals surface area contributed by atoms with Gasteiger partial charge in [0.05, 0.1) is 6.30 Å². The van der Waals surface area contributed by atoms with E-state index in [2.05, 4.69) is 70.4 Å². The highest BCUT2D eigenvalue weighted by molar-refractivity contribution is 7.71. The highest BCUT2D eigenvalue weighted by atomic mass is 31.1. The van der Waals surface area contributed by atoms with Gasteiger partial charge in [-0.15, -0.1) is 0 Å². The van der Waals surface area contributed by atoms with E-state index in [0.717, 1.165) is 0 Å². The van der Waals surface area contributed by atoms with E-state index in [1.54, 1.807) is 0 Å². The van der Waals surface area contributed by atoms with Gasteiger partial charge in [-0.2, -0.15) is 0 Å². The van der Waals surface area contributed by atoms with Crippen LogP contribution in [0.15, 0.2) is 36.4 Å². The Hall–Kier alpha value is -1.39. The van der Waals surface area contributed by atoms with Gasteiger partial charge >= 0.3 is 0 Å². The fraction of sp³-hybridized carbons (Fsp3) is 0.235. The van der Waals surface area contributed by atoms with Gasteiger partial charge in [0.2, 0.25) is 0 Å². The highest BCUT2D eigenvalue weighted by Crippen LogP contribution is 2.23. The van der Waals surface area contributed by atoms with E-state index in [-0.39, 0.29) is 0 Å². The maximum atomic E-state index is 4.42. The van der Waals surface area contributed by atoms with E-state index in [1.165, 1.54) is 32.9 Å². The monoisotopic (exact) mass is 255 g/mol. The van der Waals surface area contributed by atoms with Crippen molar-refractivity contribution in [2.75, 3.05) is 0 Å². The molecule has 0 atom stereocenters. The Morgan fingerprint density at radius 2 is 1.11 bits per heavy atom. The van der Waals surface area contributed by atoms with Crippen molar-refractivity contribution >= 4 is 24.5 Å². The second-order valence-electron chi connectivity index (χ2n) is 5.01. The third kappa shape index (κ3) is 2.54. The summed E-state index contributed by atoms with van der Waals surface area (Å²) in [6.45, 7) is 8.65. The number of aryl methyl sites for hydroxylation is 4. The topological polar surface area (TPSA) is 0 Å². The molecule has 0 amide bonds. The van der Waals surface area contributed by atoms with E-state index in [1.807, 2.05) is 0 Å². The lowest BCUT2D eigenvalue weighted by atomic mass is 10.2. The first-order valence-corrected chi connectivity index (χ1v) is 7.77. The van der Waals surface area contributed by atoms with Crippen molar-refractivity contribution in [1.82, 2.24) is 0 Å². The molecule has 0 saturated heterocycles. The summed E-state index contributed by atoms with van der Waals surface area (Å²) in [6.07, 6.45) is 4.42. The molecule has 0 saturated carbocycles. The van der Waals surface area contributed by atoms with Crippen LogP contribution in [0.3, 0.4) is 0 Å². The molecule has 0 fully saturated rings. The summed E-state index contributed by atoms with van der Waals surface area (Å²) in [5.74, 6) is 0. The molecule has 92 valence electrons. The van der Waals surface area contributed by atoms with Crippen molar-refractivity contribution < 1.29 is 0 Å². The molecule has 0 N–H and O–H groups in total. The van der Waals surface area contributed by atoms with Crippen molar-refractivity contribution in [3.05, 3.63) is 58.7 Å². The molecule has 2 aromatic carbocycles. The molecule has 2 rings (SSSR count). The molecule has 0 bridgehead atoms. The molecule has 0 aliphatic heterocycles. The summed E-state index contributed by atoms with van der Waals surface area (Å²) in [4.78, 5) is 0. The zero-order valence-corrected chi connectivity index (χ0v) is 12.5. The second kappa shape index (κ2) is 5.08. The Bertz CT molecular complexity index is 556. The van der Waals surface area contributed by atoms with Gasteiger partial charge in [-0.05, 0) is 51.0 Å². The van der Waals surface area contributed by atoms with E-state index >= 15 is 0 Å². The molecule has 1 heteroatoms. The van der Waals surface area contributed by atoms with Gasteiger partial charge in [0.1, 0.15) is 0 Å². The average molecular weight is 255 g/mol. The van der Waals surface area contributed by atoms with E-state index in [4.69, 9.17) is 0 Å². The Morgan fingerprint density at radius 3 is 1.44 bits per heavy atom. The summed E-state index contributed by atoms with van der Waals surface area (Å²) >= 11 is 0. The van der Waals surface area contributed by atoms with Gasteiger partial charge in [0, 0.05) is 0 Å². The van der Waals surface area contributed by atoms with Gasteiger partial charge in [-0.3, -0.25) is 0 Å². The Kier molecular flexibility index (Phi) is 3.68. The van der Waals surface area contributed by atoms with Crippen LogP contribution in [0.25, 0.3) is 0 Å². The fourth-order valence-corrected chi connectivity index (χ4v) is 4.10. The van der Waals surface area contributed by atoms with Crippen LogP contribution in [0, 0.1) is 27.7 Å². The lowest BCUT2D eigenvalue weighted by Gasteiger charge is -2.04. The van der Waals surface area contributed by atoms with E-state index < -0.39 is 7.55 Å². The molecule has 2 aromatic rings. The van der Waals surface area contributed by atoms with Gasteiger partial charge < -0.3 is 0 Å². The lowest BCUT2D eigenvalue weighted by molar-refractivity contribution is 1.41. The molecule has 0 aliphatic carbocycles. The maximum Gasteiger partial charge on any atom is 0.162 e. The van der Waals surface area contributed by atoms with Crippen LogP contribution in [-0.2, 0) is 0 Å². The average Bonchev–Trinajstić information content (AvgIpc) is 2.28. The van der Waals surface area contributed by atoms with E-state index in [9.17, 15) is 0 Å². The normalized spacial score (nSPS) is 10.4. The summed E-state index contributed by atoms with van der Waals surface area (Å²) in [6, 6.07) is 13.4. The fourth-order valence-electron chi connectivity index (χ4n) is 2.35. The largest absolute Gasteiger partial charge is 0.162 e. The van der Waals surface area contributed by atoms with Crippen LogP contribution in [0.1, 0.15) is 22.3 Å². The summed E-state index contributed by atoms with van der Waals surface area (Å²) in [5, 5.41) is 2.78. The summed E-state index contributed by atoms with van der Waals surface area (Å²) in [7, 11) is -0.487. The first-order valence-electron chi connectivity index (χ1n) is 6.24. The Morgan fingerprint density at radius 1 is 0.722 bits per heavy atom. The minimum atomic E-state index is -0.487. The predicted molar refractivity (Wildman–Crippen MR) is 85.1 cm³/mol. The van der Waals surface area contributed by atoms with Gasteiger partial charge in [-0.25, -0.2) is 0 Å². The zero-order chi connectivity index (χ0) is 13.3. The lowest BCUT2D eigenvalue weighted by Crippen LogP contribution is -2.12. The molecule has 0 spiro atoms. The second-order valence-corrected chi connectivity index (χ2v) is 6.83. The first kappa shape index (κ1) is 13.1. The van der Waals surface area contributed by atoms with E-state index in [0.29, 0.717) is 0 Å². The number of hydrogen-bond acceptors (Lipinski definition) is 0. The Balaban J connectivity index is 2.48. The zero-order valence-electron chi connectivity index (χ0n) is 11.6. The minimum absolute atomic E-state index is 0.487. The molecular weight excluding hydrogens is 235 g/mol. The standard InChI is InChI=1S/C17H20P/c1-12-6-8-16(14(3)10-12)18(5)17-9-7-13(2)11-15(17)4/h6-11H,5H2,1-4H3/q+1. The van der Waals surface area contributed by atoms with Crippen LogP contribution in [0.4, 0.5) is 0 Å². The smallest absolute Gasteiger partial charge is 0.0549 e. The van der Waals surface area contributed by atoms with Gasteiger partial charge in [0.15, 0.2) is 18.2 Å². The maximum absolute atomic E-state index is 4.42. The van der Waals surface area contributed by atoms with Crippen molar-refractivity contribution in [2.45, 2.75) is 27.7 Å². The third-order valence-corrected chi connectivity index (χ3v) is 5.45. The van der Waals surface area contributed by atoms with Crippen LogP contribution in [0.2, 0.25) is 0 Å². The number of benzene rings is 2. The molecular formula is C17H20P+. The Labute approximate surface area is 111 Å². The summed E-state index contributed by atoms with van der Waals surface area (Å²) in [5.41, 5.74) is 5.35. The summed E-state index contributed by atoms with van der Waals surface area (Å²) < 4.78 is 0. The molecule has 0 unspecified atom stereocenters. The van der Waals surface area contributed by atoms with Crippen LogP contribution < -0.4 is 10.6 Å². The van der Waals surface area contributed by atoms with Crippen molar-refractivity contribution in [3.8, 4) is 0 Å². The van der Waals surface area contributed by atoms with Crippen LogP contribution >= 0.6 is 7.55 Å². The quantitative estimate of drug-likeness (QED) is 0.716. The predicted octanol–water partition coefficient (Wildman–Crippen LogP) is 3.78. The number of rotatable bonds is 2. The van der Waals surface area contributed by atoms with Gasteiger partial charge in [-0.1, -0.05) is 35.4 Å². The third-order valence-electron chi connectivity index (χ3n) is 3.29. The number of hydrogen-bond donors (Lipinski definition) is 0. The van der Waals surface area contributed by atoms with Crippen LogP contribution in [-0.4, -0.2) is 6.30 Å². The first-order chi connectivity index (χ1) is 8.49. The van der Waals surface area contributed by atoms with Crippen molar-refractivity contribution in [1.29, 1.82) is 0 Å². The minimum Gasteiger partial charge on any atom is -0.0549 e.